The van der Waals surface area contributed by atoms with Gasteiger partial charge in [0, 0.05) is 27.7 Å². The smallest absolute Gasteiger partial charge is 0.303 e. The van der Waals surface area contributed by atoms with E-state index in [1.165, 1.54) is 30.8 Å². The Kier molecular flexibility index (Phi) is 15.5. The number of nitrogens with zero attached hydrogens (tertiary/aromatic N) is 1. The zero-order valence-electron chi connectivity index (χ0n) is 37.0. The van der Waals surface area contributed by atoms with Crippen molar-refractivity contribution < 1.29 is 71.5 Å². The number of aliphatic hydroxyl groups excluding tert-OH is 1. The van der Waals surface area contributed by atoms with Gasteiger partial charge in [-0.1, -0.05) is 100 Å². The zero-order chi connectivity index (χ0) is 46.5. The maximum Gasteiger partial charge on any atom is 0.303 e. The van der Waals surface area contributed by atoms with Crippen molar-refractivity contribution in [1.82, 2.24) is 4.90 Å². The minimum Gasteiger partial charge on any atom is -0.463 e. The summed E-state index contributed by atoms with van der Waals surface area (Å²) in [4.78, 5) is 79.9. The summed E-state index contributed by atoms with van der Waals surface area (Å²) in [5.74, 6) is -4.35. The number of ether oxygens (including phenoxy) is 7. The molecule has 0 radical (unpaired) electrons. The molecule has 3 aromatic carbocycles. The Bertz CT molecular complexity index is 2100. The summed E-state index contributed by atoms with van der Waals surface area (Å²) in [6.07, 6.45) is -12.1. The molecule has 1 N–H and O–H groups in total. The predicted molar refractivity (Wildman–Crippen MR) is 234 cm³/mol. The van der Waals surface area contributed by atoms with Crippen LogP contribution in [0.4, 0.5) is 0 Å². The van der Waals surface area contributed by atoms with Gasteiger partial charge in [0.25, 0.3) is 20.1 Å². The quantitative estimate of drug-likeness (QED) is 0.100. The molecule has 0 spiro atoms. The van der Waals surface area contributed by atoms with E-state index in [-0.39, 0.29) is 17.7 Å². The Labute approximate surface area is 377 Å². The maximum absolute atomic E-state index is 14.3. The summed E-state index contributed by atoms with van der Waals surface area (Å²) < 4.78 is 49.6. The van der Waals surface area contributed by atoms with Crippen molar-refractivity contribution >= 4 is 66.1 Å². The van der Waals surface area contributed by atoms with Gasteiger partial charge in [-0.15, -0.1) is 11.8 Å². The molecule has 64 heavy (non-hydrogen) atoms. The summed E-state index contributed by atoms with van der Waals surface area (Å²) in [5, 5.41) is 14.0. The number of carbonyl (C=O) groups excluding carboxylic acids is 6. The molecule has 16 nitrogen and oxygen atoms in total. The number of benzene rings is 3. The van der Waals surface area contributed by atoms with Crippen LogP contribution in [0.3, 0.4) is 0 Å². The molecule has 18 heteroatoms. The molecule has 0 saturated carbocycles. The number of carbonyl (C=O) groups is 6. The highest BCUT2D eigenvalue weighted by atomic mass is 32.2. The van der Waals surface area contributed by atoms with Gasteiger partial charge in [0.1, 0.15) is 42.5 Å². The lowest BCUT2D eigenvalue weighted by Gasteiger charge is -2.50. The normalized spacial score (nSPS) is 27.0. The summed E-state index contributed by atoms with van der Waals surface area (Å²) in [7, 11) is -3.22. The van der Waals surface area contributed by atoms with Gasteiger partial charge in [0.2, 0.25) is 0 Å². The molecule has 3 heterocycles. The van der Waals surface area contributed by atoms with Gasteiger partial charge in [-0.05, 0) is 33.3 Å². The van der Waals surface area contributed by atoms with E-state index in [1.807, 2.05) is 67.6 Å². The summed E-state index contributed by atoms with van der Waals surface area (Å²) in [5.41, 5.74) is -0.906. The second-order valence-electron chi connectivity index (χ2n) is 16.6. The number of amides is 2. The average Bonchev–Trinajstić information content (AvgIpc) is 3.49. The minimum absolute atomic E-state index is 0.0303. The fraction of sp³-hybridized carbons (Fsp3) is 0.478. The number of hydrogen-bond acceptors (Lipinski definition) is 16. The first-order valence-corrected chi connectivity index (χ1v) is 24.0. The third kappa shape index (κ3) is 10.1. The fourth-order valence-corrected chi connectivity index (χ4v) is 14.2. The SMILES string of the molecule is CCS[C@@H]1O[C@H](CO[Si](c2ccccc2)(c2ccccc2)C(C)(C)C)[C@H](O)[C@H](O[C@@H]2O[C@H](COC(C)=O)[C@@H](OC(C)=O)[C@H](OC(C)=O)[C@H]2N2C(=O)c3ccccc3C2=O)[C@H]1OC(C)=O. The Hall–Kier alpha value is -4.95. The van der Waals surface area contributed by atoms with Crippen LogP contribution in [0.25, 0.3) is 0 Å². The van der Waals surface area contributed by atoms with Gasteiger partial charge >= 0.3 is 23.9 Å². The molecule has 3 aliphatic rings. The maximum atomic E-state index is 14.3. The topological polar surface area (TPSA) is 200 Å². The minimum atomic E-state index is -3.22. The van der Waals surface area contributed by atoms with Crippen molar-refractivity contribution in [3.05, 3.63) is 96.1 Å². The largest absolute Gasteiger partial charge is 0.463 e. The van der Waals surface area contributed by atoms with E-state index in [1.54, 1.807) is 12.1 Å². The fourth-order valence-electron chi connectivity index (χ4n) is 8.67. The van der Waals surface area contributed by atoms with Gasteiger partial charge in [-0.25, -0.2) is 0 Å². The van der Waals surface area contributed by atoms with Crippen LogP contribution < -0.4 is 10.4 Å². The van der Waals surface area contributed by atoms with Gasteiger partial charge in [-0.2, -0.15) is 0 Å². The highest BCUT2D eigenvalue weighted by Crippen LogP contribution is 2.41. The van der Waals surface area contributed by atoms with Crippen LogP contribution in [0.1, 0.15) is 76.1 Å². The molecule has 3 aromatic rings. The van der Waals surface area contributed by atoms with E-state index in [9.17, 15) is 33.9 Å². The zero-order valence-corrected chi connectivity index (χ0v) is 38.8. The number of fused-ring (bicyclic) bond motifs is 1. The first kappa shape index (κ1) is 48.5. The summed E-state index contributed by atoms with van der Waals surface area (Å²) >= 11 is 1.27. The van der Waals surface area contributed by atoms with Crippen molar-refractivity contribution in [1.29, 1.82) is 0 Å². The lowest BCUT2D eigenvalue weighted by Crippen LogP contribution is -2.70. The molecule has 0 bridgehead atoms. The summed E-state index contributed by atoms with van der Waals surface area (Å²) in [6.45, 7) is 11.9. The second-order valence-corrected chi connectivity index (χ2v) is 22.3. The van der Waals surface area contributed by atoms with Crippen molar-refractivity contribution in [3.8, 4) is 0 Å². The molecule has 0 aromatic heterocycles. The van der Waals surface area contributed by atoms with Gasteiger partial charge in [-0.3, -0.25) is 33.7 Å². The van der Waals surface area contributed by atoms with E-state index in [2.05, 4.69) is 20.8 Å². The number of rotatable bonds is 15. The van der Waals surface area contributed by atoms with Crippen LogP contribution >= 0.6 is 11.8 Å². The van der Waals surface area contributed by atoms with Crippen molar-refractivity contribution in [3.63, 3.8) is 0 Å². The van der Waals surface area contributed by atoms with Crippen LogP contribution in [-0.2, 0) is 56.8 Å². The monoisotopic (exact) mass is 921 g/mol. The number of esters is 4. The third-order valence-corrected chi connectivity index (χ3v) is 17.3. The molecular weight excluding hydrogens is 867 g/mol. The highest BCUT2D eigenvalue weighted by molar-refractivity contribution is 7.99. The Morgan fingerprint density at radius 1 is 0.672 bits per heavy atom. The molecule has 344 valence electrons. The van der Waals surface area contributed by atoms with E-state index < -0.39 is 116 Å². The van der Waals surface area contributed by atoms with Gasteiger partial charge in [0.15, 0.2) is 24.6 Å². The lowest BCUT2D eigenvalue weighted by molar-refractivity contribution is -0.325. The first-order chi connectivity index (χ1) is 30.4. The Morgan fingerprint density at radius 2 is 1.17 bits per heavy atom. The van der Waals surface area contributed by atoms with E-state index in [4.69, 9.17) is 37.6 Å². The molecule has 2 saturated heterocycles. The van der Waals surface area contributed by atoms with Gasteiger partial charge in [0.05, 0.1) is 17.7 Å². The summed E-state index contributed by atoms with van der Waals surface area (Å²) in [6, 6.07) is 24.1. The number of thioether (sulfide) groups is 1. The molecule has 0 unspecified atom stereocenters. The molecule has 0 aliphatic carbocycles. The second kappa shape index (κ2) is 20.5. The van der Waals surface area contributed by atoms with Crippen LogP contribution in [-0.4, -0.2) is 133 Å². The number of imide groups is 1. The van der Waals surface area contributed by atoms with E-state index >= 15 is 0 Å². The Morgan fingerprint density at radius 3 is 1.66 bits per heavy atom. The number of hydrogen-bond donors (Lipinski definition) is 1. The molecule has 10 atom stereocenters. The third-order valence-electron chi connectivity index (χ3n) is 11.2. The van der Waals surface area contributed by atoms with Crippen molar-refractivity contribution in [2.24, 2.45) is 0 Å². The van der Waals surface area contributed by atoms with Crippen molar-refractivity contribution in [2.75, 3.05) is 19.0 Å². The van der Waals surface area contributed by atoms with Crippen LogP contribution in [0.15, 0.2) is 84.9 Å². The molecule has 3 aliphatic heterocycles. The molecule has 2 fully saturated rings. The molecular formula is C46H55NO15SSi. The molecule has 2 amide bonds. The lowest BCUT2D eigenvalue weighted by atomic mass is 9.94. The van der Waals surface area contributed by atoms with Crippen LogP contribution in [0.2, 0.25) is 5.04 Å². The van der Waals surface area contributed by atoms with Crippen molar-refractivity contribution in [2.45, 2.75) is 121 Å². The Balaban J connectivity index is 1.47. The first-order valence-electron chi connectivity index (χ1n) is 21.0. The van der Waals surface area contributed by atoms with E-state index in [0.717, 1.165) is 36.0 Å². The predicted octanol–water partition coefficient (Wildman–Crippen LogP) is 3.54. The standard InChI is InChI=1S/C46H55NO15SSi/c1-9-63-45-41(59-29(5)51)40(37(52)34(61-45)25-56-64(46(6,7)8,30-18-12-10-13-19-30)31-20-14-11-15-21-31)62-44-36(47-42(53)32-22-16-17-23-33(32)43(47)54)39(58-28(4)50)38(57-27(3)49)35(60-44)24-55-26(2)48/h10-23,34-41,44-45,52H,9,24-25H2,1-8H3/t34-,35-,36-,37+,38-,39-,40+,41-,44+,45+/m1/s1. The van der Waals surface area contributed by atoms with Gasteiger partial charge < -0.3 is 42.7 Å². The highest BCUT2D eigenvalue weighted by Gasteiger charge is 2.60. The average molecular weight is 922 g/mol. The van der Waals surface area contributed by atoms with E-state index in [0.29, 0.717) is 5.75 Å². The van der Waals surface area contributed by atoms with Crippen LogP contribution in [0.5, 0.6) is 0 Å². The molecule has 6 rings (SSSR count). The number of aliphatic hydroxyl groups is 1. The van der Waals surface area contributed by atoms with Crippen LogP contribution in [0, 0.1) is 0 Å².